The van der Waals surface area contributed by atoms with E-state index in [1.807, 2.05) is 36.4 Å². The lowest BCUT2D eigenvalue weighted by Crippen LogP contribution is -1.88. The molecule has 0 atom stereocenters. The van der Waals surface area contributed by atoms with Crippen LogP contribution in [0.5, 0.6) is 11.5 Å². The summed E-state index contributed by atoms with van der Waals surface area (Å²) in [5.74, 6) is 1.63. The molecular formula is C14H11Br3O. The molecule has 0 N–H and O–H groups in total. The van der Waals surface area contributed by atoms with Gasteiger partial charge in [0.15, 0.2) is 0 Å². The first-order valence-electron chi connectivity index (χ1n) is 5.38. The number of ether oxygens (including phenoxy) is 1. The third-order valence-corrected chi connectivity index (χ3v) is 4.45. The van der Waals surface area contributed by atoms with E-state index in [4.69, 9.17) is 4.74 Å². The molecular weight excluding hydrogens is 424 g/mol. The number of aryl methyl sites for hydroxylation is 1. The summed E-state index contributed by atoms with van der Waals surface area (Å²) < 4.78 is 7.86. The van der Waals surface area contributed by atoms with Crippen LogP contribution in [-0.2, 0) is 5.33 Å². The van der Waals surface area contributed by atoms with Crippen LogP contribution < -0.4 is 4.74 Å². The predicted molar refractivity (Wildman–Crippen MR) is 85.7 cm³/mol. The summed E-state index contributed by atoms with van der Waals surface area (Å²) in [6.07, 6.45) is 0. The van der Waals surface area contributed by atoms with E-state index in [0.717, 1.165) is 25.8 Å². The van der Waals surface area contributed by atoms with E-state index in [1.165, 1.54) is 11.1 Å². The Kier molecular flexibility index (Phi) is 4.87. The number of hydrogen-bond donors (Lipinski definition) is 0. The van der Waals surface area contributed by atoms with Crippen molar-refractivity contribution < 1.29 is 4.74 Å². The van der Waals surface area contributed by atoms with Crippen molar-refractivity contribution in [2.45, 2.75) is 12.3 Å². The number of benzene rings is 2. The van der Waals surface area contributed by atoms with Crippen LogP contribution in [0.1, 0.15) is 11.1 Å². The lowest BCUT2D eigenvalue weighted by Gasteiger charge is -2.10. The molecule has 94 valence electrons. The lowest BCUT2D eigenvalue weighted by atomic mass is 10.2. The lowest BCUT2D eigenvalue weighted by molar-refractivity contribution is 0.479. The monoisotopic (exact) mass is 432 g/mol. The maximum absolute atomic E-state index is 5.85. The molecule has 4 heteroatoms. The fraction of sp³-hybridized carbons (Fsp3) is 0.143. The Morgan fingerprint density at radius 2 is 1.78 bits per heavy atom. The predicted octanol–water partition coefficient (Wildman–Crippen LogP) is 6.21. The van der Waals surface area contributed by atoms with Gasteiger partial charge < -0.3 is 4.74 Å². The third kappa shape index (κ3) is 3.37. The summed E-state index contributed by atoms with van der Waals surface area (Å²) in [7, 11) is 0. The van der Waals surface area contributed by atoms with E-state index in [9.17, 15) is 0 Å². The van der Waals surface area contributed by atoms with Crippen molar-refractivity contribution in [3.8, 4) is 11.5 Å². The van der Waals surface area contributed by atoms with Crippen LogP contribution in [-0.4, -0.2) is 0 Å². The van der Waals surface area contributed by atoms with Crippen molar-refractivity contribution in [1.29, 1.82) is 0 Å². The smallest absolute Gasteiger partial charge is 0.141 e. The largest absolute Gasteiger partial charge is 0.456 e. The molecule has 2 aromatic rings. The van der Waals surface area contributed by atoms with Gasteiger partial charge in [0, 0.05) is 9.80 Å². The maximum Gasteiger partial charge on any atom is 0.141 e. The molecule has 0 radical (unpaired) electrons. The van der Waals surface area contributed by atoms with Gasteiger partial charge in [0.05, 0.1) is 4.47 Å². The van der Waals surface area contributed by atoms with Crippen molar-refractivity contribution in [2.75, 3.05) is 0 Å². The molecule has 0 fully saturated rings. The van der Waals surface area contributed by atoms with E-state index in [2.05, 4.69) is 54.7 Å². The molecule has 2 aromatic carbocycles. The van der Waals surface area contributed by atoms with Gasteiger partial charge in [-0.3, -0.25) is 0 Å². The van der Waals surface area contributed by atoms with Crippen LogP contribution in [0.4, 0.5) is 0 Å². The Labute approximate surface area is 132 Å². The summed E-state index contributed by atoms with van der Waals surface area (Å²) in [5, 5.41) is 0.822. The van der Waals surface area contributed by atoms with Gasteiger partial charge in [-0.2, -0.15) is 0 Å². The molecule has 0 amide bonds. The van der Waals surface area contributed by atoms with Gasteiger partial charge in [-0.1, -0.05) is 44.0 Å². The highest BCUT2D eigenvalue weighted by Gasteiger charge is 2.05. The molecule has 1 nitrogen and oxygen atoms in total. The fourth-order valence-electron chi connectivity index (χ4n) is 1.52. The van der Waals surface area contributed by atoms with Crippen LogP contribution in [0.25, 0.3) is 0 Å². The zero-order chi connectivity index (χ0) is 13.1. The zero-order valence-corrected chi connectivity index (χ0v) is 14.5. The Bertz CT molecular complexity index is 567. The molecule has 0 aliphatic heterocycles. The van der Waals surface area contributed by atoms with Gasteiger partial charge in [0.2, 0.25) is 0 Å². The summed E-state index contributed by atoms with van der Waals surface area (Å²) in [5.41, 5.74) is 2.40. The second-order valence-electron chi connectivity index (χ2n) is 3.92. The molecule has 0 aliphatic rings. The van der Waals surface area contributed by atoms with Crippen molar-refractivity contribution >= 4 is 47.8 Å². The Morgan fingerprint density at radius 3 is 2.39 bits per heavy atom. The van der Waals surface area contributed by atoms with Gasteiger partial charge in [-0.25, -0.2) is 0 Å². The summed E-state index contributed by atoms with van der Waals surface area (Å²) in [6, 6.07) is 12.0. The molecule has 0 aromatic heterocycles. The fourth-order valence-corrected chi connectivity index (χ4v) is 3.45. The average molecular weight is 435 g/mol. The molecule has 0 unspecified atom stereocenters. The van der Waals surface area contributed by atoms with E-state index in [-0.39, 0.29) is 0 Å². The summed E-state index contributed by atoms with van der Waals surface area (Å²) >= 11 is 10.5. The first-order valence-corrected chi connectivity index (χ1v) is 8.09. The quantitative estimate of drug-likeness (QED) is 0.522. The number of hydrogen-bond acceptors (Lipinski definition) is 1. The minimum absolute atomic E-state index is 0.816. The topological polar surface area (TPSA) is 9.23 Å². The third-order valence-electron chi connectivity index (χ3n) is 2.48. The van der Waals surface area contributed by atoms with Crippen molar-refractivity contribution in [3.05, 3.63) is 56.5 Å². The minimum atomic E-state index is 0.816. The van der Waals surface area contributed by atoms with Crippen LogP contribution in [0.15, 0.2) is 45.3 Å². The van der Waals surface area contributed by atoms with Crippen LogP contribution in [0.2, 0.25) is 0 Å². The van der Waals surface area contributed by atoms with Crippen LogP contribution >= 0.6 is 47.8 Å². The van der Waals surface area contributed by atoms with Gasteiger partial charge in [0.1, 0.15) is 11.5 Å². The Balaban J connectivity index is 2.26. The van der Waals surface area contributed by atoms with E-state index < -0.39 is 0 Å². The van der Waals surface area contributed by atoms with Gasteiger partial charge >= 0.3 is 0 Å². The SMILES string of the molecule is Cc1ccc(Oc2ccc(CBr)c(Br)c2)c(Br)c1. The van der Waals surface area contributed by atoms with Gasteiger partial charge in [-0.05, 0) is 58.2 Å². The summed E-state index contributed by atoms with van der Waals surface area (Å²) in [4.78, 5) is 0. The van der Waals surface area contributed by atoms with E-state index >= 15 is 0 Å². The standard InChI is InChI=1S/C14H11Br3O/c1-9-2-5-14(13(17)6-9)18-11-4-3-10(8-15)12(16)7-11/h2-7H,8H2,1H3. The molecule has 0 spiro atoms. The minimum Gasteiger partial charge on any atom is -0.456 e. The van der Waals surface area contributed by atoms with Crippen molar-refractivity contribution in [1.82, 2.24) is 0 Å². The number of rotatable bonds is 3. The normalized spacial score (nSPS) is 10.4. The van der Waals surface area contributed by atoms with Gasteiger partial charge in [0.25, 0.3) is 0 Å². The second kappa shape index (κ2) is 6.22. The molecule has 0 saturated heterocycles. The molecule has 0 aliphatic carbocycles. The number of halogens is 3. The first-order chi connectivity index (χ1) is 8.60. The Hall–Kier alpha value is -0.320. The summed E-state index contributed by atoms with van der Waals surface area (Å²) in [6.45, 7) is 2.05. The Morgan fingerprint density at radius 1 is 1.00 bits per heavy atom. The zero-order valence-electron chi connectivity index (χ0n) is 9.71. The highest BCUT2D eigenvalue weighted by molar-refractivity contribution is 9.11. The average Bonchev–Trinajstić information content (AvgIpc) is 2.33. The highest BCUT2D eigenvalue weighted by atomic mass is 79.9. The molecule has 2 rings (SSSR count). The second-order valence-corrected chi connectivity index (χ2v) is 6.19. The van der Waals surface area contributed by atoms with E-state index in [1.54, 1.807) is 0 Å². The molecule has 0 saturated carbocycles. The van der Waals surface area contributed by atoms with Crippen LogP contribution in [0, 0.1) is 6.92 Å². The van der Waals surface area contributed by atoms with Gasteiger partial charge in [-0.15, -0.1) is 0 Å². The molecule has 0 heterocycles. The van der Waals surface area contributed by atoms with Crippen molar-refractivity contribution in [2.24, 2.45) is 0 Å². The highest BCUT2D eigenvalue weighted by Crippen LogP contribution is 2.32. The van der Waals surface area contributed by atoms with E-state index in [0.29, 0.717) is 0 Å². The van der Waals surface area contributed by atoms with Crippen LogP contribution in [0.3, 0.4) is 0 Å². The number of alkyl halides is 1. The maximum atomic E-state index is 5.85. The molecule has 0 bridgehead atoms. The molecule has 18 heavy (non-hydrogen) atoms. The van der Waals surface area contributed by atoms with Crippen molar-refractivity contribution in [3.63, 3.8) is 0 Å². The first kappa shape index (κ1) is 14.1.